The van der Waals surface area contributed by atoms with Crippen molar-refractivity contribution in [2.45, 2.75) is 46.0 Å². The molecule has 0 unspecified atom stereocenters. The summed E-state index contributed by atoms with van der Waals surface area (Å²) in [6.07, 6.45) is 1.76. The van der Waals surface area contributed by atoms with Gasteiger partial charge in [0.2, 0.25) is 0 Å². The highest BCUT2D eigenvalue weighted by atomic mass is 16.3. The largest absolute Gasteiger partial charge is 0.448 e. The Bertz CT molecular complexity index is 255. The Balaban J connectivity index is 2.92. The van der Waals surface area contributed by atoms with Crippen LogP contribution in [0.1, 0.15) is 52.1 Å². The van der Waals surface area contributed by atoms with Gasteiger partial charge in [0, 0.05) is 11.3 Å². The summed E-state index contributed by atoms with van der Waals surface area (Å²) in [5, 5.41) is 0. The van der Waals surface area contributed by atoms with Crippen LogP contribution >= 0.6 is 0 Å². The van der Waals surface area contributed by atoms with E-state index in [1.807, 2.05) is 0 Å². The van der Waals surface area contributed by atoms with Gasteiger partial charge in [0.15, 0.2) is 5.89 Å². The average Bonchev–Trinajstić information content (AvgIpc) is 2.30. The maximum atomic E-state index is 5.34. The Labute approximate surface area is 74.0 Å². The molecule has 0 fully saturated rings. The topological polar surface area (TPSA) is 26.0 Å². The minimum Gasteiger partial charge on any atom is -0.448 e. The maximum absolute atomic E-state index is 5.34. The molecule has 0 radical (unpaired) electrons. The molecule has 0 amide bonds. The molecule has 0 saturated heterocycles. The first-order chi connectivity index (χ1) is 5.41. The number of nitrogens with zero attached hydrogens (tertiary/aromatic N) is 1. The summed E-state index contributed by atoms with van der Waals surface area (Å²) in [4.78, 5) is 4.41. The molecule has 0 aliphatic rings. The predicted octanol–water partition coefficient (Wildman–Crippen LogP) is 3.10. The summed E-state index contributed by atoms with van der Waals surface area (Å²) in [5.41, 5.74) is 1.13. The monoisotopic (exact) mass is 167 g/mol. The van der Waals surface area contributed by atoms with Crippen molar-refractivity contribution in [2.75, 3.05) is 0 Å². The summed E-state index contributed by atoms with van der Waals surface area (Å²) in [6.45, 7) is 10.6. The van der Waals surface area contributed by atoms with Crippen LogP contribution in [0.4, 0.5) is 0 Å². The minimum atomic E-state index is 0.0939. The van der Waals surface area contributed by atoms with Gasteiger partial charge < -0.3 is 4.42 Å². The smallest absolute Gasteiger partial charge is 0.196 e. The molecule has 0 N–H and O–H groups in total. The van der Waals surface area contributed by atoms with Crippen LogP contribution in [-0.2, 0) is 5.41 Å². The zero-order chi connectivity index (χ0) is 9.35. The Kier molecular flexibility index (Phi) is 2.27. The second kappa shape index (κ2) is 2.92. The lowest BCUT2D eigenvalue weighted by Crippen LogP contribution is -2.11. The second-order valence-electron chi connectivity index (χ2n) is 4.48. The molecular formula is C10H17NO. The van der Waals surface area contributed by atoms with E-state index in [1.165, 1.54) is 0 Å². The highest BCUT2D eigenvalue weighted by molar-refractivity contribution is 5.09. The van der Waals surface area contributed by atoms with E-state index in [9.17, 15) is 0 Å². The molecule has 1 aromatic rings. The lowest BCUT2D eigenvalue weighted by molar-refractivity contribution is 0.469. The quantitative estimate of drug-likeness (QED) is 0.642. The Morgan fingerprint density at radius 3 is 2.17 bits per heavy atom. The minimum absolute atomic E-state index is 0.0939. The van der Waals surface area contributed by atoms with E-state index in [0.717, 1.165) is 11.6 Å². The summed E-state index contributed by atoms with van der Waals surface area (Å²) in [5.74, 6) is 1.21. The van der Waals surface area contributed by atoms with Crippen molar-refractivity contribution in [2.24, 2.45) is 0 Å². The van der Waals surface area contributed by atoms with E-state index in [1.54, 1.807) is 6.26 Å². The molecule has 1 aromatic heterocycles. The average molecular weight is 167 g/mol. The molecule has 12 heavy (non-hydrogen) atoms. The molecule has 0 aliphatic heterocycles. The van der Waals surface area contributed by atoms with Crippen molar-refractivity contribution in [3.05, 3.63) is 17.8 Å². The third-order valence-electron chi connectivity index (χ3n) is 1.78. The van der Waals surface area contributed by atoms with Gasteiger partial charge in [0.05, 0.1) is 5.69 Å². The Hall–Kier alpha value is -0.790. The van der Waals surface area contributed by atoms with Gasteiger partial charge in [-0.3, -0.25) is 0 Å². The van der Waals surface area contributed by atoms with Crippen LogP contribution in [-0.4, -0.2) is 4.98 Å². The van der Waals surface area contributed by atoms with Gasteiger partial charge in [-0.1, -0.05) is 34.6 Å². The normalized spacial score (nSPS) is 12.5. The number of hydrogen-bond acceptors (Lipinski definition) is 2. The van der Waals surface area contributed by atoms with E-state index in [4.69, 9.17) is 4.42 Å². The summed E-state index contributed by atoms with van der Waals surface area (Å²) in [7, 11) is 0. The zero-order valence-electron chi connectivity index (χ0n) is 8.51. The van der Waals surface area contributed by atoms with Crippen LogP contribution < -0.4 is 0 Å². The van der Waals surface area contributed by atoms with Gasteiger partial charge in [-0.05, 0) is 0 Å². The summed E-state index contributed by atoms with van der Waals surface area (Å²) in [6, 6.07) is 0. The second-order valence-corrected chi connectivity index (χ2v) is 4.48. The predicted molar refractivity (Wildman–Crippen MR) is 49.3 cm³/mol. The fourth-order valence-corrected chi connectivity index (χ4v) is 0.897. The molecule has 68 valence electrons. The van der Waals surface area contributed by atoms with Crippen LogP contribution in [0.2, 0.25) is 0 Å². The molecule has 0 saturated carbocycles. The van der Waals surface area contributed by atoms with E-state index in [2.05, 4.69) is 39.6 Å². The molecule has 2 heteroatoms. The van der Waals surface area contributed by atoms with Crippen LogP contribution in [0, 0.1) is 0 Å². The lowest BCUT2D eigenvalue weighted by atomic mass is 9.93. The standard InChI is InChI=1S/C10H17NO/c1-7(2)9-11-8(6-12-9)10(3,4)5/h6-7H,1-5H3. The lowest BCUT2D eigenvalue weighted by Gasteiger charge is -2.13. The summed E-state index contributed by atoms with van der Waals surface area (Å²) >= 11 is 0. The third-order valence-corrected chi connectivity index (χ3v) is 1.78. The van der Waals surface area contributed by atoms with Gasteiger partial charge in [0.25, 0.3) is 0 Å². The van der Waals surface area contributed by atoms with Crippen LogP contribution in [0.3, 0.4) is 0 Å². The fourth-order valence-electron chi connectivity index (χ4n) is 0.897. The van der Waals surface area contributed by atoms with E-state index in [-0.39, 0.29) is 5.41 Å². The maximum Gasteiger partial charge on any atom is 0.196 e. The van der Waals surface area contributed by atoms with E-state index in [0.29, 0.717) is 5.92 Å². The molecule has 0 atom stereocenters. The SMILES string of the molecule is CC(C)c1nc(C(C)(C)C)co1. The Morgan fingerprint density at radius 1 is 1.33 bits per heavy atom. The van der Waals surface area contributed by atoms with Crippen molar-refractivity contribution in [1.82, 2.24) is 4.98 Å². The van der Waals surface area contributed by atoms with E-state index < -0.39 is 0 Å². The molecule has 0 spiro atoms. The van der Waals surface area contributed by atoms with Crippen molar-refractivity contribution < 1.29 is 4.42 Å². The third kappa shape index (κ3) is 1.87. The number of oxazole rings is 1. The zero-order valence-corrected chi connectivity index (χ0v) is 8.51. The van der Waals surface area contributed by atoms with Crippen LogP contribution in [0.15, 0.2) is 10.7 Å². The van der Waals surface area contributed by atoms with Crippen LogP contribution in [0.25, 0.3) is 0 Å². The molecule has 1 rings (SSSR count). The molecule has 0 aromatic carbocycles. The van der Waals surface area contributed by atoms with Crippen molar-refractivity contribution in [3.8, 4) is 0 Å². The van der Waals surface area contributed by atoms with Gasteiger partial charge in [-0.2, -0.15) is 0 Å². The Morgan fingerprint density at radius 2 is 1.92 bits per heavy atom. The fraction of sp³-hybridized carbons (Fsp3) is 0.700. The molecule has 1 heterocycles. The van der Waals surface area contributed by atoms with Gasteiger partial charge >= 0.3 is 0 Å². The first-order valence-electron chi connectivity index (χ1n) is 4.37. The first-order valence-corrected chi connectivity index (χ1v) is 4.37. The highest BCUT2D eigenvalue weighted by Crippen LogP contribution is 2.23. The van der Waals surface area contributed by atoms with E-state index >= 15 is 0 Å². The van der Waals surface area contributed by atoms with Crippen LogP contribution in [0.5, 0.6) is 0 Å². The first kappa shape index (κ1) is 9.30. The van der Waals surface area contributed by atoms with Gasteiger partial charge in [-0.15, -0.1) is 0 Å². The molecule has 2 nitrogen and oxygen atoms in total. The summed E-state index contributed by atoms with van der Waals surface area (Å²) < 4.78 is 5.34. The highest BCUT2D eigenvalue weighted by Gasteiger charge is 2.19. The van der Waals surface area contributed by atoms with Gasteiger partial charge in [0.1, 0.15) is 6.26 Å². The molecule has 0 aliphatic carbocycles. The number of hydrogen-bond donors (Lipinski definition) is 0. The van der Waals surface area contributed by atoms with Gasteiger partial charge in [-0.25, -0.2) is 4.98 Å². The molecule has 0 bridgehead atoms. The van der Waals surface area contributed by atoms with Crippen molar-refractivity contribution >= 4 is 0 Å². The number of aromatic nitrogens is 1. The number of rotatable bonds is 1. The molecular weight excluding hydrogens is 150 g/mol. The van der Waals surface area contributed by atoms with Crippen molar-refractivity contribution in [3.63, 3.8) is 0 Å². The van der Waals surface area contributed by atoms with Crippen molar-refractivity contribution in [1.29, 1.82) is 0 Å².